The molecule has 0 bridgehead atoms. The van der Waals surface area contributed by atoms with E-state index in [0.29, 0.717) is 0 Å². The number of carbonyl (C=O) groups excluding carboxylic acids is 1. The SMILES string of the molecule is Cc1ccccc1C(C)NC(=O)NCC(O)c1ccsc1. The molecule has 2 unspecified atom stereocenters. The molecule has 3 N–H and O–H groups in total. The highest BCUT2D eigenvalue weighted by molar-refractivity contribution is 7.07. The Balaban J connectivity index is 1.83. The van der Waals surface area contributed by atoms with Crippen LogP contribution in [0, 0.1) is 6.92 Å². The number of aryl methyl sites for hydroxylation is 1. The Morgan fingerprint density at radius 1 is 1.33 bits per heavy atom. The topological polar surface area (TPSA) is 61.4 Å². The molecule has 0 spiro atoms. The van der Waals surface area contributed by atoms with Gasteiger partial charge in [-0.1, -0.05) is 24.3 Å². The first kappa shape index (κ1) is 15.5. The van der Waals surface area contributed by atoms with Crippen molar-refractivity contribution >= 4 is 17.4 Å². The van der Waals surface area contributed by atoms with E-state index in [1.807, 2.05) is 54.9 Å². The Kier molecular flexibility index (Phi) is 5.36. The van der Waals surface area contributed by atoms with Crippen LogP contribution in [0.2, 0.25) is 0 Å². The van der Waals surface area contributed by atoms with Gasteiger partial charge in [-0.15, -0.1) is 0 Å². The fraction of sp³-hybridized carbons (Fsp3) is 0.312. The Morgan fingerprint density at radius 3 is 2.76 bits per heavy atom. The van der Waals surface area contributed by atoms with Crippen LogP contribution >= 0.6 is 11.3 Å². The summed E-state index contributed by atoms with van der Waals surface area (Å²) >= 11 is 1.52. The molecule has 0 saturated carbocycles. The van der Waals surface area contributed by atoms with Gasteiger partial charge in [0.2, 0.25) is 0 Å². The standard InChI is InChI=1S/C16H20N2O2S/c1-11-5-3-4-6-14(11)12(2)18-16(20)17-9-15(19)13-7-8-21-10-13/h3-8,10,12,15,19H,9H2,1-2H3,(H2,17,18,20). The Labute approximate surface area is 128 Å². The van der Waals surface area contributed by atoms with Crippen LogP contribution in [0.5, 0.6) is 0 Å². The molecule has 2 aromatic rings. The zero-order valence-corrected chi connectivity index (χ0v) is 13.0. The molecule has 2 rings (SSSR count). The smallest absolute Gasteiger partial charge is 0.315 e. The summed E-state index contributed by atoms with van der Waals surface area (Å²) in [6.45, 7) is 4.16. The van der Waals surface area contributed by atoms with E-state index in [0.717, 1.165) is 16.7 Å². The van der Waals surface area contributed by atoms with E-state index < -0.39 is 6.10 Å². The van der Waals surface area contributed by atoms with Gasteiger partial charge in [-0.2, -0.15) is 11.3 Å². The van der Waals surface area contributed by atoms with Gasteiger partial charge in [-0.05, 0) is 47.4 Å². The van der Waals surface area contributed by atoms with Crippen molar-refractivity contribution in [1.29, 1.82) is 0 Å². The number of thiophene rings is 1. The molecule has 112 valence electrons. The van der Waals surface area contributed by atoms with Crippen LogP contribution in [-0.4, -0.2) is 17.7 Å². The first-order chi connectivity index (χ1) is 10.1. The first-order valence-electron chi connectivity index (χ1n) is 6.88. The predicted octanol–water partition coefficient (Wildman–Crippen LogP) is 3.15. The molecular formula is C16H20N2O2S. The van der Waals surface area contributed by atoms with Crippen molar-refractivity contribution in [3.05, 3.63) is 57.8 Å². The lowest BCUT2D eigenvalue weighted by Crippen LogP contribution is -2.39. The summed E-state index contributed by atoms with van der Waals surface area (Å²) in [6.07, 6.45) is -0.671. The highest BCUT2D eigenvalue weighted by Crippen LogP contribution is 2.17. The van der Waals surface area contributed by atoms with E-state index in [4.69, 9.17) is 0 Å². The molecule has 0 aliphatic rings. The van der Waals surface area contributed by atoms with E-state index in [9.17, 15) is 9.90 Å². The molecule has 5 heteroatoms. The number of aliphatic hydroxyl groups is 1. The van der Waals surface area contributed by atoms with Gasteiger partial charge in [-0.25, -0.2) is 4.79 Å². The molecule has 2 amide bonds. The fourth-order valence-corrected chi connectivity index (χ4v) is 2.88. The monoisotopic (exact) mass is 304 g/mol. The summed E-state index contributed by atoms with van der Waals surface area (Å²) in [6, 6.07) is 9.45. The van der Waals surface area contributed by atoms with Crippen molar-refractivity contribution in [1.82, 2.24) is 10.6 Å². The molecule has 0 aliphatic heterocycles. The maximum Gasteiger partial charge on any atom is 0.315 e. The molecule has 21 heavy (non-hydrogen) atoms. The van der Waals surface area contributed by atoms with Crippen LogP contribution in [0.15, 0.2) is 41.1 Å². The number of hydrogen-bond donors (Lipinski definition) is 3. The van der Waals surface area contributed by atoms with Crippen LogP contribution in [0.1, 0.15) is 35.8 Å². The summed E-state index contributed by atoms with van der Waals surface area (Å²) in [4.78, 5) is 11.9. The van der Waals surface area contributed by atoms with Gasteiger partial charge in [0, 0.05) is 6.54 Å². The van der Waals surface area contributed by atoms with E-state index in [-0.39, 0.29) is 18.6 Å². The number of rotatable bonds is 5. The largest absolute Gasteiger partial charge is 0.387 e. The Morgan fingerprint density at radius 2 is 2.10 bits per heavy atom. The van der Waals surface area contributed by atoms with Crippen LogP contribution in [0.3, 0.4) is 0 Å². The molecule has 4 nitrogen and oxygen atoms in total. The van der Waals surface area contributed by atoms with Crippen molar-refractivity contribution in [3.63, 3.8) is 0 Å². The van der Waals surface area contributed by atoms with Gasteiger partial charge < -0.3 is 15.7 Å². The highest BCUT2D eigenvalue weighted by atomic mass is 32.1. The summed E-state index contributed by atoms with van der Waals surface area (Å²) in [5.41, 5.74) is 3.06. The van der Waals surface area contributed by atoms with Crippen LogP contribution in [0.4, 0.5) is 4.79 Å². The van der Waals surface area contributed by atoms with Crippen molar-refractivity contribution < 1.29 is 9.90 Å². The van der Waals surface area contributed by atoms with Gasteiger partial charge in [0.25, 0.3) is 0 Å². The zero-order valence-electron chi connectivity index (χ0n) is 12.2. The second kappa shape index (κ2) is 7.24. The van der Waals surface area contributed by atoms with E-state index in [1.54, 1.807) is 0 Å². The Bertz CT molecular complexity index is 584. The number of urea groups is 1. The van der Waals surface area contributed by atoms with Crippen molar-refractivity contribution in [2.75, 3.05) is 6.54 Å². The molecule has 0 saturated heterocycles. The highest BCUT2D eigenvalue weighted by Gasteiger charge is 2.13. The van der Waals surface area contributed by atoms with Crippen molar-refractivity contribution in [3.8, 4) is 0 Å². The van der Waals surface area contributed by atoms with Crippen LogP contribution < -0.4 is 10.6 Å². The lowest BCUT2D eigenvalue weighted by Gasteiger charge is -2.18. The molecule has 1 heterocycles. The van der Waals surface area contributed by atoms with Crippen LogP contribution in [-0.2, 0) is 0 Å². The molecule has 0 aliphatic carbocycles. The zero-order chi connectivity index (χ0) is 15.2. The van der Waals surface area contributed by atoms with Gasteiger partial charge in [0.15, 0.2) is 0 Å². The van der Waals surface area contributed by atoms with Gasteiger partial charge >= 0.3 is 6.03 Å². The quantitative estimate of drug-likeness (QED) is 0.794. The second-order valence-electron chi connectivity index (χ2n) is 5.01. The van der Waals surface area contributed by atoms with Crippen molar-refractivity contribution in [2.45, 2.75) is 26.0 Å². The molecule has 2 atom stereocenters. The summed E-state index contributed by atoms with van der Waals surface area (Å²) in [5.74, 6) is 0. The maximum absolute atomic E-state index is 11.9. The fourth-order valence-electron chi connectivity index (χ4n) is 2.17. The minimum absolute atomic E-state index is 0.0792. The minimum Gasteiger partial charge on any atom is -0.387 e. The number of aliphatic hydroxyl groups excluding tert-OH is 1. The second-order valence-corrected chi connectivity index (χ2v) is 5.79. The lowest BCUT2D eigenvalue weighted by atomic mass is 10.0. The van der Waals surface area contributed by atoms with Crippen molar-refractivity contribution in [2.24, 2.45) is 0 Å². The van der Waals surface area contributed by atoms with E-state index in [2.05, 4.69) is 10.6 Å². The van der Waals surface area contributed by atoms with Gasteiger partial charge in [0.1, 0.15) is 0 Å². The predicted molar refractivity (Wildman–Crippen MR) is 85.4 cm³/mol. The molecule has 1 aromatic heterocycles. The molecule has 1 aromatic carbocycles. The van der Waals surface area contributed by atoms with E-state index in [1.165, 1.54) is 11.3 Å². The number of hydrogen-bond acceptors (Lipinski definition) is 3. The molecule has 0 fully saturated rings. The van der Waals surface area contributed by atoms with Gasteiger partial charge in [0.05, 0.1) is 12.1 Å². The maximum atomic E-state index is 11.9. The third kappa shape index (κ3) is 4.31. The first-order valence-corrected chi connectivity index (χ1v) is 7.82. The summed E-state index contributed by atoms with van der Waals surface area (Å²) in [5, 5.41) is 19.3. The molecule has 0 radical (unpaired) electrons. The van der Waals surface area contributed by atoms with E-state index >= 15 is 0 Å². The average molecular weight is 304 g/mol. The van der Waals surface area contributed by atoms with Crippen LogP contribution in [0.25, 0.3) is 0 Å². The Hall–Kier alpha value is -1.85. The number of nitrogens with one attached hydrogen (secondary N) is 2. The third-order valence-corrected chi connectivity index (χ3v) is 4.09. The summed E-state index contributed by atoms with van der Waals surface area (Å²) in [7, 11) is 0. The van der Waals surface area contributed by atoms with Gasteiger partial charge in [-0.3, -0.25) is 0 Å². The minimum atomic E-state index is -0.671. The normalized spacial score (nSPS) is 13.5. The average Bonchev–Trinajstić information content (AvgIpc) is 2.99. The third-order valence-electron chi connectivity index (χ3n) is 3.39. The summed E-state index contributed by atoms with van der Waals surface area (Å²) < 4.78 is 0. The lowest BCUT2D eigenvalue weighted by molar-refractivity contribution is 0.173. The number of benzene rings is 1. The number of amides is 2. The molecular weight excluding hydrogens is 284 g/mol. The number of carbonyl (C=O) groups is 1.